The molecule has 1 saturated heterocycles. The zero-order valence-electron chi connectivity index (χ0n) is 19.4. The van der Waals surface area contributed by atoms with E-state index in [0.29, 0.717) is 25.1 Å². The number of nitriles is 1. The molecule has 2 amide bonds. The molecule has 0 saturated carbocycles. The Morgan fingerprint density at radius 1 is 1.11 bits per heavy atom. The van der Waals surface area contributed by atoms with Crippen molar-refractivity contribution in [2.75, 3.05) is 18.4 Å². The first kappa shape index (κ1) is 24.4. The molecule has 0 bridgehead atoms. The van der Waals surface area contributed by atoms with Gasteiger partial charge in [0.05, 0.1) is 16.4 Å². The molecule has 35 heavy (non-hydrogen) atoms. The number of benzene rings is 2. The number of aromatic nitrogens is 1. The van der Waals surface area contributed by atoms with E-state index in [-0.39, 0.29) is 18.0 Å². The van der Waals surface area contributed by atoms with E-state index in [1.807, 2.05) is 37.3 Å². The first-order chi connectivity index (χ1) is 16.8. The van der Waals surface area contributed by atoms with E-state index in [0.717, 1.165) is 16.7 Å². The van der Waals surface area contributed by atoms with Gasteiger partial charge in [-0.1, -0.05) is 35.9 Å². The highest BCUT2D eigenvalue weighted by atomic mass is 32.2. The number of nitrogens with zero attached hydrogens (tertiary/aromatic N) is 3. The Morgan fingerprint density at radius 2 is 1.86 bits per heavy atom. The molecule has 8 nitrogen and oxygen atoms in total. The molecule has 4 rings (SSSR count). The zero-order valence-corrected chi connectivity index (χ0v) is 20.3. The number of rotatable bonds is 6. The van der Waals surface area contributed by atoms with Crippen LogP contribution in [0.4, 0.5) is 10.5 Å². The number of urea groups is 1. The zero-order chi connectivity index (χ0) is 24.9. The number of aryl methyl sites for hydroxylation is 1. The van der Waals surface area contributed by atoms with E-state index in [4.69, 9.17) is 0 Å². The van der Waals surface area contributed by atoms with Crippen molar-refractivity contribution in [3.8, 4) is 6.07 Å². The van der Waals surface area contributed by atoms with Gasteiger partial charge in [-0.15, -0.1) is 0 Å². The molecule has 2 heterocycles. The van der Waals surface area contributed by atoms with Gasteiger partial charge in [0, 0.05) is 37.7 Å². The quantitative estimate of drug-likeness (QED) is 0.544. The van der Waals surface area contributed by atoms with Crippen molar-refractivity contribution in [1.82, 2.24) is 14.6 Å². The number of piperidine rings is 1. The predicted molar refractivity (Wildman–Crippen MR) is 133 cm³/mol. The summed E-state index contributed by atoms with van der Waals surface area (Å²) in [6.07, 6.45) is 4.20. The third-order valence-corrected chi connectivity index (χ3v) is 8.20. The molecule has 0 unspecified atom stereocenters. The summed E-state index contributed by atoms with van der Waals surface area (Å²) >= 11 is 0. The van der Waals surface area contributed by atoms with Gasteiger partial charge in [0.1, 0.15) is 0 Å². The van der Waals surface area contributed by atoms with Gasteiger partial charge in [0.15, 0.2) is 0 Å². The number of pyridine rings is 1. The number of anilines is 1. The van der Waals surface area contributed by atoms with Gasteiger partial charge in [-0.05, 0) is 61.2 Å². The first-order valence-corrected chi connectivity index (χ1v) is 12.8. The smallest absolute Gasteiger partial charge is 0.319 e. The van der Waals surface area contributed by atoms with E-state index >= 15 is 0 Å². The maximum Gasteiger partial charge on any atom is 0.319 e. The van der Waals surface area contributed by atoms with Crippen molar-refractivity contribution in [2.24, 2.45) is 0 Å². The summed E-state index contributed by atoms with van der Waals surface area (Å²) in [5.41, 5.74) is 2.68. The van der Waals surface area contributed by atoms with Gasteiger partial charge in [0.25, 0.3) is 0 Å². The molecule has 3 aromatic rings. The monoisotopic (exact) mass is 489 g/mol. The first-order valence-electron chi connectivity index (χ1n) is 11.3. The highest BCUT2D eigenvalue weighted by Gasteiger charge is 2.40. The molecule has 2 aromatic carbocycles. The number of nitrogens with one attached hydrogen (secondary N) is 2. The molecule has 0 atom stereocenters. The fourth-order valence-electron chi connectivity index (χ4n) is 4.24. The van der Waals surface area contributed by atoms with E-state index in [1.165, 1.54) is 16.4 Å². The Hall–Kier alpha value is -3.74. The van der Waals surface area contributed by atoms with E-state index in [2.05, 4.69) is 21.7 Å². The Kier molecular flexibility index (Phi) is 7.15. The number of amides is 2. The van der Waals surface area contributed by atoms with Crippen molar-refractivity contribution in [3.63, 3.8) is 0 Å². The van der Waals surface area contributed by atoms with Crippen LogP contribution in [0.3, 0.4) is 0 Å². The minimum absolute atomic E-state index is 0.152. The van der Waals surface area contributed by atoms with Crippen molar-refractivity contribution < 1.29 is 13.2 Å². The highest BCUT2D eigenvalue weighted by molar-refractivity contribution is 7.89. The maximum absolute atomic E-state index is 13.2. The van der Waals surface area contributed by atoms with E-state index in [9.17, 15) is 18.5 Å². The van der Waals surface area contributed by atoms with Gasteiger partial charge >= 0.3 is 6.03 Å². The summed E-state index contributed by atoms with van der Waals surface area (Å²) in [5, 5.41) is 15.4. The fourth-order valence-corrected chi connectivity index (χ4v) is 5.68. The number of hydrogen-bond donors (Lipinski definition) is 2. The van der Waals surface area contributed by atoms with E-state index in [1.54, 1.807) is 30.6 Å². The van der Waals surface area contributed by atoms with Crippen LogP contribution < -0.4 is 10.6 Å². The Bertz CT molecular complexity index is 1330. The van der Waals surface area contributed by atoms with Crippen molar-refractivity contribution >= 4 is 21.7 Å². The Morgan fingerprint density at radius 3 is 2.49 bits per heavy atom. The molecule has 0 aliphatic carbocycles. The molecule has 1 aromatic heterocycles. The minimum atomic E-state index is -3.71. The van der Waals surface area contributed by atoms with Crippen LogP contribution in [0.15, 0.2) is 78.0 Å². The lowest BCUT2D eigenvalue weighted by Crippen LogP contribution is -2.44. The number of hydrogen-bond acceptors (Lipinski definition) is 5. The summed E-state index contributed by atoms with van der Waals surface area (Å²) in [5.74, 6) is 0. The van der Waals surface area contributed by atoms with Crippen LogP contribution in [-0.4, -0.2) is 36.8 Å². The standard InChI is InChI=1S/C26H27N5O3S/c1-20-4-2-6-22(16-20)26(19-27)11-14-31(15-12-26)35(33,34)24-9-7-23(8-10-24)30-25(32)29-18-21-5-3-13-28-17-21/h2-10,13,16-17H,11-12,14-15,18H2,1H3,(H2,29,30,32). The highest BCUT2D eigenvalue weighted by Crippen LogP contribution is 2.37. The van der Waals surface area contributed by atoms with E-state index < -0.39 is 21.5 Å². The van der Waals surface area contributed by atoms with Crippen LogP contribution in [0, 0.1) is 18.3 Å². The van der Waals surface area contributed by atoms with Gasteiger partial charge in [-0.25, -0.2) is 13.2 Å². The lowest BCUT2D eigenvalue weighted by Gasteiger charge is -2.37. The summed E-state index contributed by atoms with van der Waals surface area (Å²) in [7, 11) is -3.71. The summed E-state index contributed by atoms with van der Waals surface area (Å²) < 4.78 is 27.8. The molecular weight excluding hydrogens is 462 g/mol. The molecule has 0 spiro atoms. The molecular formula is C26H27N5O3S. The number of carbonyl (C=O) groups is 1. The number of sulfonamides is 1. The normalized spacial score (nSPS) is 15.7. The Labute approximate surface area is 205 Å². The topological polar surface area (TPSA) is 115 Å². The average Bonchev–Trinajstić information content (AvgIpc) is 2.88. The molecule has 180 valence electrons. The molecule has 9 heteroatoms. The third-order valence-electron chi connectivity index (χ3n) is 6.29. The molecule has 1 fully saturated rings. The van der Waals surface area contributed by atoms with Gasteiger partial charge in [-0.2, -0.15) is 9.57 Å². The second-order valence-corrected chi connectivity index (χ2v) is 10.6. The van der Waals surface area contributed by atoms with Crippen LogP contribution in [0.25, 0.3) is 0 Å². The van der Waals surface area contributed by atoms with Crippen molar-refractivity contribution in [3.05, 3.63) is 89.7 Å². The van der Waals surface area contributed by atoms with Crippen LogP contribution in [0.1, 0.15) is 29.5 Å². The second kappa shape index (κ2) is 10.3. The summed E-state index contributed by atoms with van der Waals surface area (Å²) in [6.45, 7) is 2.84. The van der Waals surface area contributed by atoms with Gasteiger partial charge < -0.3 is 10.6 Å². The molecule has 1 aliphatic rings. The third kappa shape index (κ3) is 5.50. The molecule has 0 radical (unpaired) electrons. The second-order valence-electron chi connectivity index (χ2n) is 8.66. The summed E-state index contributed by atoms with van der Waals surface area (Å²) in [4.78, 5) is 16.3. The van der Waals surface area contributed by atoms with Crippen LogP contribution in [-0.2, 0) is 22.0 Å². The fraction of sp³-hybridized carbons (Fsp3) is 0.269. The van der Waals surface area contributed by atoms with Crippen LogP contribution in [0.5, 0.6) is 0 Å². The largest absolute Gasteiger partial charge is 0.334 e. The van der Waals surface area contributed by atoms with Crippen molar-refractivity contribution in [2.45, 2.75) is 36.6 Å². The minimum Gasteiger partial charge on any atom is -0.334 e. The summed E-state index contributed by atoms with van der Waals surface area (Å²) in [6, 6.07) is 19.7. The van der Waals surface area contributed by atoms with Crippen molar-refractivity contribution in [1.29, 1.82) is 5.26 Å². The van der Waals surface area contributed by atoms with Gasteiger partial charge in [-0.3, -0.25) is 4.98 Å². The van der Waals surface area contributed by atoms with Crippen LogP contribution in [0.2, 0.25) is 0 Å². The van der Waals surface area contributed by atoms with Gasteiger partial charge in [0.2, 0.25) is 10.0 Å². The lowest BCUT2D eigenvalue weighted by molar-refractivity contribution is 0.251. The van der Waals surface area contributed by atoms with Crippen LogP contribution >= 0.6 is 0 Å². The lowest BCUT2D eigenvalue weighted by atomic mass is 9.74. The molecule has 2 N–H and O–H groups in total. The average molecular weight is 490 g/mol. The Balaban J connectivity index is 1.37. The number of carbonyl (C=O) groups excluding carboxylic acids is 1. The predicted octanol–water partition coefficient (Wildman–Crippen LogP) is 3.96. The SMILES string of the molecule is Cc1cccc(C2(C#N)CCN(S(=O)(=O)c3ccc(NC(=O)NCc4cccnc4)cc3)CC2)c1. The maximum atomic E-state index is 13.2. The molecule has 1 aliphatic heterocycles.